The molecule has 14 nitrogen and oxygen atoms in total. The van der Waals surface area contributed by atoms with E-state index in [0.29, 0.717) is 33.5 Å². The molecule has 5 aromatic carbocycles. The van der Waals surface area contributed by atoms with Gasteiger partial charge in [-0.05, 0) is 128 Å². The number of carbonyl (C=O) groups is 4. The van der Waals surface area contributed by atoms with E-state index in [4.69, 9.17) is 14.8 Å². The van der Waals surface area contributed by atoms with E-state index in [0.717, 1.165) is 112 Å². The number of aromatic carboxylic acids is 1. The maximum absolute atomic E-state index is 14.5. The largest absolute Gasteiger partial charge is 0.484 e. The van der Waals surface area contributed by atoms with Gasteiger partial charge in [0.05, 0.1) is 16.8 Å². The number of amides is 2. The minimum Gasteiger partial charge on any atom is -0.484 e. The molecule has 2 unspecified atom stereocenters. The molecule has 5 aliphatic heterocycles. The monoisotopic (exact) mass is 981 g/mol. The molecule has 0 radical (unpaired) electrons. The fraction of sp³-hybridized carbons (Fsp3) is 0.339. The average molecular weight is 982 g/mol. The molecule has 0 saturated carbocycles. The molecule has 1 saturated heterocycles. The van der Waals surface area contributed by atoms with E-state index in [1.165, 1.54) is 33.3 Å². The normalized spacial score (nSPS) is 18.6. The van der Waals surface area contributed by atoms with E-state index in [1.54, 1.807) is 71.6 Å². The van der Waals surface area contributed by atoms with Crippen molar-refractivity contribution < 1.29 is 39.1 Å². The number of ether oxygens (including phenoxy) is 1. The third-order valence-electron chi connectivity index (χ3n) is 15.4. The topological polar surface area (TPSA) is 173 Å². The number of anilines is 1. The number of hydrogen-bond donors (Lipinski definition) is 5. The predicted molar refractivity (Wildman–Crippen MR) is 276 cm³/mol. The number of carbonyl (C=O) groups excluding carboxylic acids is 3. The lowest BCUT2D eigenvalue weighted by Gasteiger charge is -2.44. The van der Waals surface area contributed by atoms with Crippen LogP contribution in [0.2, 0.25) is 0 Å². The van der Waals surface area contributed by atoms with Crippen molar-refractivity contribution >= 4 is 34.8 Å². The molecule has 374 valence electrons. The SMILES string of the molecule is O=C(NCCN(Cc1ccc(C(=O)c2ccccc2)cc1)C(=O)c1ccc(NOCNO)cc1)c1ccc(C(=O)O)c(C2=c3cc4c5c(c3OC3C6=C7C(=CC23)CCCCN7CCC6)CCC[N+]=5CCCC4)c1. The molecule has 5 N–H and O–H groups in total. The van der Waals surface area contributed by atoms with Gasteiger partial charge in [-0.3, -0.25) is 24.7 Å². The number of ketones is 1. The lowest BCUT2D eigenvalue weighted by Crippen LogP contribution is -2.47. The second kappa shape index (κ2) is 21.0. The minimum atomic E-state index is -1.06. The fourth-order valence-electron chi connectivity index (χ4n) is 12.1. The van der Waals surface area contributed by atoms with E-state index >= 15 is 0 Å². The zero-order chi connectivity index (χ0) is 50.0. The van der Waals surface area contributed by atoms with Crippen LogP contribution in [0, 0.1) is 5.92 Å². The van der Waals surface area contributed by atoms with Crippen LogP contribution in [-0.4, -0.2) is 95.8 Å². The van der Waals surface area contributed by atoms with Gasteiger partial charge in [0.25, 0.3) is 11.8 Å². The van der Waals surface area contributed by atoms with E-state index in [-0.39, 0.29) is 55.6 Å². The summed E-state index contributed by atoms with van der Waals surface area (Å²) in [4.78, 5) is 64.7. The van der Waals surface area contributed by atoms with E-state index in [2.05, 4.69) is 32.4 Å². The van der Waals surface area contributed by atoms with Gasteiger partial charge in [0.2, 0.25) is 5.36 Å². The second-order valence-corrected chi connectivity index (χ2v) is 19.9. The average Bonchev–Trinajstić information content (AvgIpc) is 3.77. The van der Waals surface area contributed by atoms with Gasteiger partial charge in [0.15, 0.2) is 5.78 Å². The van der Waals surface area contributed by atoms with E-state index in [9.17, 15) is 24.3 Å². The fourth-order valence-corrected chi connectivity index (χ4v) is 12.1. The summed E-state index contributed by atoms with van der Waals surface area (Å²) in [6.07, 6.45) is 12.2. The van der Waals surface area contributed by atoms with Gasteiger partial charge in [-0.15, -0.1) is 0 Å². The molecule has 0 spiro atoms. The Labute approximate surface area is 424 Å². The quantitative estimate of drug-likeness (QED) is 0.0246. The summed E-state index contributed by atoms with van der Waals surface area (Å²) in [5, 5.41) is 25.1. The standard InChI is InChI=1S/C59H60N6O8/c66-54(38-10-2-1-3-11-38)39-18-16-37(17-19-39)35-65(58(68)40-20-23-44(24-21-40)62-72-36-61-71)31-26-60-57(67)43-22-25-45(59(69)70)48(34-43)51-49-32-41-12-4-6-27-63-29-8-14-46(52(41)63)55(49)73-56-47-15-9-30-64-28-7-5-13-42(53(47)64)33-50(51)56/h1-3,10-11,16-25,32-34,49,55,61,71H,4-9,12-15,26-31,35-36H2,(H2-,60,62,67,68,69,70)/p+1. The first-order valence-corrected chi connectivity index (χ1v) is 25.9. The van der Waals surface area contributed by atoms with Gasteiger partial charge in [0, 0.05) is 90.2 Å². The van der Waals surface area contributed by atoms with Crippen LogP contribution >= 0.6 is 0 Å². The molecule has 1 aliphatic carbocycles. The third kappa shape index (κ3) is 9.58. The number of allylic oxidation sites excluding steroid dienone is 1. The first-order chi connectivity index (χ1) is 35.7. The van der Waals surface area contributed by atoms with Crippen molar-refractivity contribution in [1.29, 1.82) is 0 Å². The molecular formula is C59H61N6O8+. The molecule has 2 amide bonds. The molecule has 6 aliphatic rings. The summed E-state index contributed by atoms with van der Waals surface area (Å²) < 4.78 is 9.96. The van der Waals surface area contributed by atoms with Crippen molar-refractivity contribution in [2.24, 2.45) is 5.92 Å². The Morgan fingerprint density at radius 3 is 2.34 bits per heavy atom. The predicted octanol–water partition coefficient (Wildman–Crippen LogP) is 6.79. The highest BCUT2D eigenvalue weighted by atomic mass is 16.7. The van der Waals surface area contributed by atoms with Crippen molar-refractivity contribution in [2.75, 3.05) is 51.5 Å². The number of nitrogens with one attached hydrogen (secondary N) is 3. The summed E-state index contributed by atoms with van der Waals surface area (Å²) >= 11 is 0. The number of hydroxylamine groups is 1. The summed E-state index contributed by atoms with van der Waals surface area (Å²) in [5.74, 6) is -1.23. The number of benzene rings is 5. The lowest BCUT2D eigenvalue weighted by molar-refractivity contribution is 0.0485. The van der Waals surface area contributed by atoms with Crippen LogP contribution in [0.15, 0.2) is 126 Å². The molecule has 2 atom stereocenters. The molecule has 14 heteroatoms. The minimum absolute atomic E-state index is 0.0935. The summed E-state index contributed by atoms with van der Waals surface area (Å²) in [5.41, 5.74) is 15.8. The number of nitrogens with zero attached hydrogens (tertiary/aromatic N) is 3. The van der Waals surface area contributed by atoms with Gasteiger partial charge in [0.1, 0.15) is 31.7 Å². The highest BCUT2D eigenvalue weighted by molar-refractivity contribution is 6.09. The Hall–Kier alpha value is -7.39. The van der Waals surface area contributed by atoms with Gasteiger partial charge in [-0.1, -0.05) is 60.7 Å². The van der Waals surface area contributed by atoms with Crippen molar-refractivity contribution in [3.05, 3.63) is 187 Å². The number of carboxylic acids is 1. The van der Waals surface area contributed by atoms with Crippen LogP contribution in [0.5, 0.6) is 5.75 Å². The molecule has 5 aromatic rings. The molecule has 11 rings (SSSR count). The highest BCUT2D eigenvalue weighted by Crippen LogP contribution is 2.47. The number of hydrogen-bond acceptors (Lipinski definition) is 10. The Balaban J connectivity index is 0.926. The Bertz CT molecular complexity index is 3190. The summed E-state index contributed by atoms with van der Waals surface area (Å²) in [6.45, 7) is 4.35. The van der Waals surface area contributed by atoms with Crippen LogP contribution in [-0.2, 0) is 24.2 Å². The van der Waals surface area contributed by atoms with Gasteiger partial charge < -0.3 is 30.2 Å². The Morgan fingerprint density at radius 1 is 0.781 bits per heavy atom. The second-order valence-electron chi connectivity index (χ2n) is 19.9. The van der Waals surface area contributed by atoms with Crippen LogP contribution in [0.25, 0.3) is 5.57 Å². The zero-order valence-corrected chi connectivity index (χ0v) is 41.0. The molecule has 1 fully saturated rings. The zero-order valence-electron chi connectivity index (χ0n) is 41.0. The lowest BCUT2D eigenvalue weighted by atomic mass is 9.72. The molecule has 73 heavy (non-hydrogen) atoms. The first kappa shape index (κ1) is 47.9. The van der Waals surface area contributed by atoms with Crippen LogP contribution in [0.1, 0.15) is 121 Å². The van der Waals surface area contributed by atoms with Gasteiger partial charge in [-0.25, -0.2) is 9.37 Å². The molecule has 0 aromatic heterocycles. The Kier molecular flexibility index (Phi) is 13.8. The number of aryl methyl sites for hydroxylation is 1. The maximum atomic E-state index is 14.5. The molecule has 5 heterocycles. The van der Waals surface area contributed by atoms with Crippen molar-refractivity contribution in [3.8, 4) is 5.75 Å². The smallest absolute Gasteiger partial charge is 0.336 e. The van der Waals surface area contributed by atoms with Crippen molar-refractivity contribution in [1.82, 2.24) is 25.2 Å². The van der Waals surface area contributed by atoms with Crippen molar-refractivity contribution in [3.63, 3.8) is 0 Å². The summed E-state index contributed by atoms with van der Waals surface area (Å²) in [6, 6.07) is 30.1. The van der Waals surface area contributed by atoms with Crippen molar-refractivity contribution in [2.45, 2.75) is 76.9 Å². The number of fused-ring (bicyclic) bond motifs is 4. The van der Waals surface area contributed by atoms with Crippen LogP contribution < -0.4 is 36.2 Å². The van der Waals surface area contributed by atoms with Crippen LogP contribution in [0.4, 0.5) is 5.69 Å². The number of rotatable bonds is 15. The maximum Gasteiger partial charge on any atom is 0.336 e. The number of carboxylic acid groups (broad SMARTS) is 1. The highest BCUT2D eigenvalue weighted by Gasteiger charge is 2.44. The van der Waals surface area contributed by atoms with Gasteiger partial charge in [-0.2, -0.15) is 5.48 Å². The Morgan fingerprint density at radius 2 is 1.53 bits per heavy atom. The molecular weight excluding hydrogens is 921 g/mol. The van der Waals surface area contributed by atoms with E-state index < -0.39 is 11.9 Å². The van der Waals surface area contributed by atoms with Crippen LogP contribution in [0.3, 0.4) is 0 Å². The summed E-state index contributed by atoms with van der Waals surface area (Å²) in [7, 11) is 0. The third-order valence-corrected chi connectivity index (χ3v) is 15.4. The van der Waals surface area contributed by atoms with E-state index in [1.807, 2.05) is 35.8 Å². The molecule has 0 bridgehead atoms. The van der Waals surface area contributed by atoms with Gasteiger partial charge >= 0.3 is 5.97 Å². The first-order valence-electron chi connectivity index (χ1n) is 25.9.